The number of fused-ring (bicyclic) bond motifs is 1. The van der Waals surface area contributed by atoms with Gasteiger partial charge in [0, 0.05) is 19.1 Å². The fourth-order valence-electron chi connectivity index (χ4n) is 4.26. The van der Waals surface area contributed by atoms with Crippen LogP contribution in [-0.2, 0) is 16.1 Å². The van der Waals surface area contributed by atoms with Crippen molar-refractivity contribution in [2.75, 3.05) is 13.2 Å². The Morgan fingerprint density at radius 1 is 1.24 bits per heavy atom. The Morgan fingerprint density at radius 3 is 2.76 bits per heavy atom. The number of ether oxygens (including phenoxy) is 1. The summed E-state index contributed by atoms with van der Waals surface area (Å²) in [7, 11) is 0. The van der Waals surface area contributed by atoms with E-state index in [0.717, 1.165) is 31.8 Å². The summed E-state index contributed by atoms with van der Waals surface area (Å²) in [6, 6.07) is 3.83. The number of carbonyl (C=O) groups excluding carboxylic acids is 1. The van der Waals surface area contributed by atoms with E-state index in [-0.39, 0.29) is 12.0 Å². The first-order valence-corrected chi connectivity index (χ1v) is 8.25. The van der Waals surface area contributed by atoms with Crippen molar-refractivity contribution in [2.24, 2.45) is 17.8 Å². The minimum absolute atomic E-state index is 0.211. The Labute approximate surface area is 125 Å². The van der Waals surface area contributed by atoms with Gasteiger partial charge in [-0.1, -0.05) is 6.42 Å². The molecule has 0 spiro atoms. The van der Waals surface area contributed by atoms with Crippen molar-refractivity contribution in [1.29, 1.82) is 0 Å². The average Bonchev–Trinajstić information content (AvgIpc) is 3.05. The van der Waals surface area contributed by atoms with Crippen LogP contribution in [0, 0.1) is 17.8 Å². The monoisotopic (exact) mass is 289 g/mol. The maximum Gasteiger partial charge on any atom is 0.226 e. The largest absolute Gasteiger partial charge is 0.467 e. The van der Waals surface area contributed by atoms with Crippen LogP contribution < -0.4 is 0 Å². The zero-order valence-corrected chi connectivity index (χ0v) is 12.4. The second-order valence-electron chi connectivity index (χ2n) is 6.72. The number of rotatable bonds is 5. The van der Waals surface area contributed by atoms with E-state index < -0.39 is 0 Å². The summed E-state index contributed by atoms with van der Waals surface area (Å²) < 4.78 is 11.2. The van der Waals surface area contributed by atoms with Crippen LogP contribution in [0.3, 0.4) is 0 Å². The SMILES string of the molecule is O=C(C1[C@@H]2CCC[C@@H]12)N(Cc1ccco1)C[C@H]1CCCO1. The number of furan rings is 1. The van der Waals surface area contributed by atoms with Gasteiger partial charge in [0.2, 0.25) is 5.91 Å². The molecule has 0 radical (unpaired) electrons. The minimum Gasteiger partial charge on any atom is -0.467 e. The van der Waals surface area contributed by atoms with Gasteiger partial charge < -0.3 is 14.1 Å². The van der Waals surface area contributed by atoms with E-state index in [1.807, 2.05) is 17.0 Å². The first-order valence-electron chi connectivity index (χ1n) is 8.25. The molecule has 1 amide bonds. The minimum atomic E-state index is 0.211. The number of carbonyl (C=O) groups is 1. The first kappa shape index (κ1) is 13.4. The number of amides is 1. The molecule has 3 aliphatic rings. The van der Waals surface area contributed by atoms with Crippen LogP contribution in [0.5, 0.6) is 0 Å². The molecular formula is C17H23NO3. The van der Waals surface area contributed by atoms with E-state index in [4.69, 9.17) is 9.15 Å². The van der Waals surface area contributed by atoms with Gasteiger partial charge in [0.1, 0.15) is 5.76 Å². The van der Waals surface area contributed by atoms with Gasteiger partial charge in [-0.15, -0.1) is 0 Å². The molecule has 4 nitrogen and oxygen atoms in total. The average molecular weight is 289 g/mol. The standard InChI is InChI=1S/C17H23NO3/c19-17(16-14-6-1-7-15(14)16)18(10-12-4-2-8-20-12)11-13-5-3-9-21-13/h2,4,8,13-16H,1,3,5-7,9-11H2/t13-,14-,15-/m1/s1. The van der Waals surface area contributed by atoms with Crippen molar-refractivity contribution in [3.8, 4) is 0 Å². The third-order valence-corrected chi connectivity index (χ3v) is 5.38. The van der Waals surface area contributed by atoms with Crippen LogP contribution in [0.2, 0.25) is 0 Å². The summed E-state index contributed by atoms with van der Waals surface area (Å²) in [4.78, 5) is 14.8. The van der Waals surface area contributed by atoms with E-state index in [9.17, 15) is 4.79 Å². The maximum atomic E-state index is 12.9. The van der Waals surface area contributed by atoms with E-state index in [1.165, 1.54) is 19.3 Å². The van der Waals surface area contributed by atoms with Crippen molar-refractivity contribution in [2.45, 2.75) is 44.8 Å². The highest BCUT2D eigenvalue weighted by Gasteiger charge is 2.57. The highest BCUT2D eigenvalue weighted by molar-refractivity contribution is 5.82. The summed E-state index contributed by atoms with van der Waals surface area (Å²) >= 11 is 0. The molecule has 3 atom stereocenters. The lowest BCUT2D eigenvalue weighted by molar-refractivity contribution is -0.136. The molecule has 1 aromatic rings. The molecule has 1 aliphatic heterocycles. The van der Waals surface area contributed by atoms with Crippen molar-refractivity contribution < 1.29 is 13.9 Å². The van der Waals surface area contributed by atoms with Gasteiger partial charge in [-0.25, -0.2) is 0 Å². The van der Waals surface area contributed by atoms with Crippen molar-refractivity contribution >= 4 is 5.91 Å². The second kappa shape index (κ2) is 5.48. The predicted octanol–water partition coefficient (Wildman–Crippen LogP) is 2.83. The Morgan fingerprint density at radius 2 is 2.10 bits per heavy atom. The lowest BCUT2D eigenvalue weighted by atomic mass is 10.1. The van der Waals surface area contributed by atoms with Gasteiger partial charge in [-0.3, -0.25) is 4.79 Å². The molecule has 2 aliphatic carbocycles. The number of hydrogen-bond acceptors (Lipinski definition) is 3. The fourth-order valence-corrected chi connectivity index (χ4v) is 4.26. The van der Waals surface area contributed by atoms with Gasteiger partial charge in [-0.2, -0.15) is 0 Å². The summed E-state index contributed by atoms with van der Waals surface area (Å²) in [5, 5.41) is 0. The van der Waals surface area contributed by atoms with Gasteiger partial charge in [0.15, 0.2) is 0 Å². The lowest BCUT2D eigenvalue weighted by Crippen LogP contribution is -2.38. The van der Waals surface area contributed by atoms with Gasteiger partial charge in [0.25, 0.3) is 0 Å². The lowest BCUT2D eigenvalue weighted by Gasteiger charge is -2.25. The molecule has 2 saturated carbocycles. The third-order valence-electron chi connectivity index (χ3n) is 5.38. The molecule has 0 aromatic carbocycles. The molecule has 0 unspecified atom stereocenters. The van der Waals surface area contributed by atoms with Gasteiger partial charge in [-0.05, 0) is 49.7 Å². The molecule has 21 heavy (non-hydrogen) atoms. The smallest absolute Gasteiger partial charge is 0.226 e. The predicted molar refractivity (Wildman–Crippen MR) is 77.4 cm³/mol. The molecule has 0 bridgehead atoms. The number of hydrogen-bond donors (Lipinski definition) is 0. The fraction of sp³-hybridized carbons (Fsp3) is 0.706. The van der Waals surface area contributed by atoms with Crippen LogP contribution in [-0.4, -0.2) is 30.1 Å². The molecule has 3 fully saturated rings. The van der Waals surface area contributed by atoms with Crippen LogP contribution in [0.25, 0.3) is 0 Å². The summed E-state index contributed by atoms with van der Waals surface area (Å²) in [6.07, 6.45) is 7.87. The zero-order chi connectivity index (χ0) is 14.2. The Kier molecular flexibility index (Phi) is 3.49. The zero-order valence-electron chi connectivity index (χ0n) is 12.4. The van der Waals surface area contributed by atoms with E-state index in [0.29, 0.717) is 24.3 Å². The molecule has 2 heterocycles. The molecule has 4 rings (SSSR count). The second-order valence-corrected chi connectivity index (χ2v) is 6.72. The normalized spacial score (nSPS) is 33.9. The molecule has 114 valence electrons. The summed E-state index contributed by atoms with van der Waals surface area (Å²) in [5.74, 6) is 2.82. The maximum absolute atomic E-state index is 12.9. The highest BCUT2D eigenvalue weighted by atomic mass is 16.5. The van der Waals surface area contributed by atoms with E-state index in [2.05, 4.69) is 0 Å². The summed E-state index contributed by atoms with van der Waals surface area (Å²) in [6.45, 7) is 2.14. The summed E-state index contributed by atoms with van der Waals surface area (Å²) in [5.41, 5.74) is 0. The Hall–Kier alpha value is -1.29. The number of nitrogens with zero attached hydrogens (tertiary/aromatic N) is 1. The van der Waals surface area contributed by atoms with Crippen molar-refractivity contribution in [1.82, 2.24) is 4.90 Å². The topological polar surface area (TPSA) is 42.7 Å². The van der Waals surface area contributed by atoms with E-state index >= 15 is 0 Å². The highest BCUT2D eigenvalue weighted by Crippen LogP contribution is 2.58. The van der Waals surface area contributed by atoms with Crippen LogP contribution >= 0.6 is 0 Å². The van der Waals surface area contributed by atoms with Gasteiger partial charge >= 0.3 is 0 Å². The Balaban J connectivity index is 1.44. The molecule has 4 heteroatoms. The first-order chi connectivity index (χ1) is 10.3. The molecular weight excluding hydrogens is 266 g/mol. The quantitative estimate of drug-likeness (QED) is 0.837. The molecule has 0 N–H and O–H groups in total. The van der Waals surface area contributed by atoms with Crippen LogP contribution in [0.4, 0.5) is 0 Å². The third kappa shape index (κ3) is 2.61. The molecule has 1 saturated heterocycles. The Bertz CT molecular complexity index is 482. The van der Waals surface area contributed by atoms with Crippen molar-refractivity contribution in [3.05, 3.63) is 24.2 Å². The van der Waals surface area contributed by atoms with E-state index in [1.54, 1.807) is 6.26 Å². The van der Waals surface area contributed by atoms with Crippen molar-refractivity contribution in [3.63, 3.8) is 0 Å². The van der Waals surface area contributed by atoms with Crippen LogP contribution in [0.1, 0.15) is 37.9 Å². The van der Waals surface area contributed by atoms with Gasteiger partial charge in [0.05, 0.1) is 18.9 Å². The molecule has 1 aromatic heterocycles. The van der Waals surface area contributed by atoms with Crippen LogP contribution in [0.15, 0.2) is 22.8 Å².